The number of piperidine rings is 1. The first-order chi connectivity index (χ1) is 9.87. The number of sulfonamides is 1. The van der Waals surface area contributed by atoms with Gasteiger partial charge in [0.25, 0.3) is 0 Å². The number of carbonyl (C=O) groups is 1. The molecule has 1 saturated heterocycles. The molecule has 1 unspecified atom stereocenters. The van der Waals surface area contributed by atoms with Gasteiger partial charge in [-0.2, -0.15) is 0 Å². The molecule has 1 aliphatic rings. The van der Waals surface area contributed by atoms with Crippen molar-refractivity contribution < 1.29 is 13.2 Å². The molecule has 1 fully saturated rings. The number of anilines is 1. The molecule has 0 radical (unpaired) electrons. The lowest BCUT2D eigenvalue weighted by Gasteiger charge is -2.35. The van der Waals surface area contributed by atoms with Crippen LogP contribution < -0.4 is 15.8 Å². The molecule has 1 heterocycles. The van der Waals surface area contributed by atoms with Crippen LogP contribution in [0.1, 0.15) is 26.2 Å². The third-order valence-electron chi connectivity index (χ3n) is 4.07. The molecule has 0 saturated carbocycles. The number of amides is 1. The fourth-order valence-electron chi connectivity index (χ4n) is 2.62. The fraction of sp³-hybridized carbons (Fsp3) is 0.500. The van der Waals surface area contributed by atoms with Gasteiger partial charge in [0.1, 0.15) is 0 Å². The van der Waals surface area contributed by atoms with Crippen molar-refractivity contribution in [3.05, 3.63) is 24.3 Å². The monoisotopic (exact) mass is 311 g/mol. The molecule has 1 aromatic carbocycles. The number of nitrogens with one attached hydrogen (secondary N) is 2. The van der Waals surface area contributed by atoms with E-state index in [2.05, 4.69) is 10.6 Å². The molecule has 6 nitrogen and oxygen atoms in total. The molecule has 0 spiro atoms. The standard InChI is InChI=1S/C14H21N3O3S/c1-2-14(8-3-9-16-10-14)13(18)17-11-4-6-12(7-5-11)21(15,19)20/h4-7,16H,2-3,8-10H2,1H3,(H,17,18)(H2,15,19,20). The van der Waals surface area contributed by atoms with Gasteiger partial charge in [-0.25, -0.2) is 13.6 Å². The lowest BCUT2D eigenvalue weighted by molar-refractivity contribution is -0.126. The Balaban J connectivity index is 2.12. The van der Waals surface area contributed by atoms with Crippen molar-refractivity contribution in [2.24, 2.45) is 10.6 Å². The molecule has 1 aromatic rings. The van der Waals surface area contributed by atoms with Crippen LogP contribution in [0.3, 0.4) is 0 Å². The van der Waals surface area contributed by atoms with Crippen LogP contribution in [-0.2, 0) is 14.8 Å². The maximum absolute atomic E-state index is 12.5. The minimum absolute atomic E-state index is 0.0273. The van der Waals surface area contributed by atoms with Gasteiger partial charge in [0.15, 0.2) is 0 Å². The SMILES string of the molecule is CCC1(C(=O)Nc2ccc(S(N)(=O)=O)cc2)CCCNC1. The number of carbonyl (C=O) groups excluding carboxylic acids is 1. The highest BCUT2D eigenvalue weighted by atomic mass is 32.2. The van der Waals surface area contributed by atoms with Crippen molar-refractivity contribution in [2.75, 3.05) is 18.4 Å². The van der Waals surface area contributed by atoms with E-state index in [1.54, 1.807) is 12.1 Å². The Hall–Kier alpha value is -1.44. The van der Waals surface area contributed by atoms with Crippen LogP contribution >= 0.6 is 0 Å². The van der Waals surface area contributed by atoms with E-state index in [1.807, 2.05) is 6.92 Å². The Morgan fingerprint density at radius 3 is 2.52 bits per heavy atom. The van der Waals surface area contributed by atoms with Crippen LogP contribution in [0, 0.1) is 5.41 Å². The summed E-state index contributed by atoms with van der Waals surface area (Å²) in [7, 11) is -3.71. The summed E-state index contributed by atoms with van der Waals surface area (Å²) in [5.41, 5.74) is 0.183. The third-order valence-corrected chi connectivity index (χ3v) is 5.00. The zero-order valence-electron chi connectivity index (χ0n) is 12.1. The highest BCUT2D eigenvalue weighted by molar-refractivity contribution is 7.89. The number of nitrogens with two attached hydrogens (primary N) is 1. The maximum Gasteiger partial charge on any atom is 0.238 e. The van der Waals surface area contributed by atoms with Crippen molar-refractivity contribution in [1.29, 1.82) is 0 Å². The van der Waals surface area contributed by atoms with E-state index < -0.39 is 15.4 Å². The zero-order chi connectivity index (χ0) is 15.5. The first-order valence-electron chi connectivity index (χ1n) is 7.02. The molecule has 7 heteroatoms. The average Bonchev–Trinajstić information content (AvgIpc) is 2.47. The van der Waals surface area contributed by atoms with E-state index in [-0.39, 0.29) is 10.8 Å². The van der Waals surface area contributed by atoms with E-state index in [0.717, 1.165) is 25.8 Å². The smallest absolute Gasteiger partial charge is 0.238 e. The van der Waals surface area contributed by atoms with Crippen LogP contribution in [0.25, 0.3) is 0 Å². The minimum atomic E-state index is -3.71. The Morgan fingerprint density at radius 2 is 2.05 bits per heavy atom. The molecule has 116 valence electrons. The Kier molecular flexibility index (Phi) is 4.65. The molecule has 0 bridgehead atoms. The molecular formula is C14H21N3O3S. The molecular weight excluding hydrogens is 290 g/mol. The van der Waals surface area contributed by atoms with E-state index in [0.29, 0.717) is 12.2 Å². The van der Waals surface area contributed by atoms with Crippen LogP contribution in [-0.4, -0.2) is 27.4 Å². The van der Waals surface area contributed by atoms with Crippen molar-refractivity contribution >= 4 is 21.6 Å². The first kappa shape index (κ1) is 15.9. The van der Waals surface area contributed by atoms with Gasteiger partial charge in [-0.1, -0.05) is 6.92 Å². The summed E-state index contributed by atoms with van der Waals surface area (Å²) in [5, 5.41) is 11.2. The lowest BCUT2D eigenvalue weighted by atomic mass is 9.77. The average molecular weight is 311 g/mol. The second-order valence-corrected chi connectivity index (χ2v) is 7.00. The van der Waals surface area contributed by atoms with Crippen LogP contribution in [0.5, 0.6) is 0 Å². The summed E-state index contributed by atoms with van der Waals surface area (Å²) < 4.78 is 22.4. The highest BCUT2D eigenvalue weighted by Gasteiger charge is 2.37. The van der Waals surface area contributed by atoms with Gasteiger partial charge >= 0.3 is 0 Å². The van der Waals surface area contributed by atoms with Gasteiger partial charge in [-0.05, 0) is 50.1 Å². The van der Waals surface area contributed by atoms with Gasteiger partial charge in [0.05, 0.1) is 10.3 Å². The predicted molar refractivity (Wildman–Crippen MR) is 81.3 cm³/mol. The maximum atomic E-state index is 12.5. The second kappa shape index (κ2) is 6.13. The number of hydrogen-bond donors (Lipinski definition) is 3. The van der Waals surface area contributed by atoms with Crippen molar-refractivity contribution in [1.82, 2.24) is 5.32 Å². The topological polar surface area (TPSA) is 101 Å². The van der Waals surface area contributed by atoms with Crippen LogP contribution in [0.4, 0.5) is 5.69 Å². The zero-order valence-corrected chi connectivity index (χ0v) is 12.9. The highest BCUT2D eigenvalue weighted by Crippen LogP contribution is 2.31. The van der Waals surface area contributed by atoms with Gasteiger partial charge in [-0.15, -0.1) is 0 Å². The quantitative estimate of drug-likeness (QED) is 0.773. The molecule has 21 heavy (non-hydrogen) atoms. The van der Waals surface area contributed by atoms with E-state index in [4.69, 9.17) is 5.14 Å². The van der Waals surface area contributed by atoms with E-state index >= 15 is 0 Å². The van der Waals surface area contributed by atoms with Gasteiger partial charge in [0.2, 0.25) is 15.9 Å². The lowest BCUT2D eigenvalue weighted by Crippen LogP contribution is -2.47. The molecule has 1 amide bonds. The normalized spacial score (nSPS) is 22.8. The molecule has 1 atom stereocenters. The number of primary sulfonamides is 1. The van der Waals surface area contributed by atoms with Crippen LogP contribution in [0.15, 0.2) is 29.2 Å². The van der Waals surface area contributed by atoms with Gasteiger partial charge in [-0.3, -0.25) is 4.79 Å². The Bertz CT molecular complexity index is 605. The van der Waals surface area contributed by atoms with Crippen molar-refractivity contribution in [2.45, 2.75) is 31.1 Å². The summed E-state index contributed by atoms with van der Waals surface area (Å²) in [6, 6.07) is 5.89. The fourth-order valence-corrected chi connectivity index (χ4v) is 3.13. The first-order valence-corrected chi connectivity index (χ1v) is 8.57. The van der Waals surface area contributed by atoms with Crippen molar-refractivity contribution in [3.8, 4) is 0 Å². The molecule has 4 N–H and O–H groups in total. The second-order valence-electron chi connectivity index (χ2n) is 5.44. The summed E-state index contributed by atoms with van der Waals surface area (Å²) >= 11 is 0. The number of benzene rings is 1. The van der Waals surface area contributed by atoms with Crippen LogP contribution in [0.2, 0.25) is 0 Å². The molecule has 0 aliphatic carbocycles. The number of rotatable bonds is 4. The predicted octanol–water partition coefficient (Wildman–Crippen LogP) is 1.05. The van der Waals surface area contributed by atoms with Gasteiger partial charge in [0, 0.05) is 12.2 Å². The minimum Gasteiger partial charge on any atom is -0.326 e. The van der Waals surface area contributed by atoms with E-state index in [1.165, 1.54) is 12.1 Å². The summed E-state index contributed by atoms with van der Waals surface area (Å²) in [6.07, 6.45) is 2.60. The number of hydrogen-bond acceptors (Lipinski definition) is 4. The largest absolute Gasteiger partial charge is 0.326 e. The molecule has 0 aromatic heterocycles. The molecule has 1 aliphatic heterocycles. The Morgan fingerprint density at radius 1 is 1.38 bits per heavy atom. The van der Waals surface area contributed by atoms with E-state index in [9.17, 15) is 13.2 Å². The summed E-state index contributed by atoms with van der Waals surface area (Å²) in [5.74, 6) is -0.0273. The molecule has 2 rings (SSSR count). The summed E-state index contributed by atoms with van der Waals surface area (Å²) in [6.45, 7) is 3.62. The Labute approximate surface area is 125 Å². The third kappa shape index (κ3) is 3.61. The summed E-state index contributed by atoms with van der Waals surface area (Å²) in [4.78, 5) is 12.5. The van der Waals surface area contributed by atoms with Gasteiger partial charge < -0.3 is 10.6 Å². The van der Waals surface area contributed by atoms with Crippen molar-refractivity contribution in [3.63, 3.8) is 0 Å².